The van der Waals surface area contributed by atoms with Gasteiger partial charge in [0.05, 0.1) is 29.2 Å². The number of fused-ring (bicyclic) bond motifs is 2. The number of para-hydroxylation sites is 2. The molecule has 5 aromatic rings. The standard InChI is InChI=1S/C24H25N9O/c34-14-13-32-9-11-33(12-10-32)24-29-22(18-15-25-31-23(18)30-24)26-17-7-5-16(6-8-17)21-27-19-3-1-2-4-20(19)28-21/h1-8,15,34H,9-14H2,(H,27,28)(H2,25,26,29,30,31). The summed E-state index contributed by atoms with van der Waals surface area (Å²) < 4.78 is 0. The topological polar surface area (TPSA) is 122 Å². The summed E-state index contributed by atoms with van der Waals surface area (Å²) in [7, 11) is 0. The minimum absolute atomic E-state index is 0.180. The molecule has 1 saturated heterocycles. The van der Waals surface area contributed by atoms with E-state index >= 15 is 0 Å². The summed E-state index contributed by atoms with van der Waals surface area (Å²) in [4.78, 5) is 22.0. The maximum absolute atomic E-state index is 9.18. The Labute approximate surface area is 195 Å². The second-order valence-electron chi connectivity index (χ2n) is 8.36. The lowest BCUT2D eigenvalue weighted by Crippen LogP contribution is -2.47. The molecule has 6 rings (SSSR count). The van der Waals surface area contributed by atoms with Crippen molar-refractivity contribution in [3.05, 3.63) is 54.7 Å². The molecule has 10 nitrogen and oxygen atoms in total. The molecule has 1 aliphatic heterocycles. The molecule has 0 radical (unpaired) electrons. The minimum Gasteiger partial charge on any atom is -0.395 e. The maximum atomic E-state index is 9.18. The number of aromatic amines is 2. The molecule has 1 fully saturated rings. The van der Waals surface area contributed by atoms with Crippen LogP contribution in [0.15, 0.2) is 54.7 Å². The quantitative estimate of drug-likeness (QED) is 0.308. The van der Waals surface area contributed by atoms with Gasteiger partial charge in [0.2, 0.25) is 5.95 Å². The summed E-state index contributed by atoms with van der Waals surface area (Å²) in [6, 6.07) is 16.1. The molecule has 4 N–H and O–H groups in total. The monoisotopic (exact) mass is 455 g/mol. The van der Waals surface area contributed by atoms with Gasteiger partial charge in [0, 0.05) is 44.0 Å². The first-order valence-electron chi connectivity index (χ1n) is 11.4. The lowest BCUT2D eigenvalue weighted by molar-refractivity contribution is 0.188. The fourth-order valence-corrected chi connectivity index (χ4v) is 4.31. The Bertz CT molecular complexity index is 1380. The molecule has 0 saturated carbocycles. The van der Waals surface area contributed by atoms with Crippen molar-refractivity contribution in [1.29, 1.82) is 0 Å². The summed E-state index contributed by atoms with van der Waals surface area (Å²) in [6.45, 7) is 4.25. The van der Waals surface area contributed by atoms with E-state index in [4.69, 9.17) is 4.98 Å². The lowest BCUT2D eigenvalue weighted by Gasteiger charge is -2.34. The van der Waals surface area contributed by atoms with Crippen molar-refractivity contribution in [3.8, 4) is 11.4 Å². The average Bonchev–Trinajstić information content (AvgIpc) is 3.52. The van der Waals surface area contributed by atoms with Gasteiger partial charge in [-0.25, -0.2) is 4.98 Å². The number of benzene rings is 2. The highest BCUT2D eigenvalue weighted by Crippen LogP contribution is 2.27. The highest BCUT2D eigenvalue weighted by molar-refractivity contribution is 5.89. The van der Waals surface area contributed by atoms with Crippen molar-refractivity contribution in [2.45, 2.75) is 0 Å². The molecular formula is C24H25N9O. The summed E-state index contributed by atoms with van der Waals surface area (Å²) >= 11 is 0. The van der Waals surface area contributed by atoms with Gasteiger partial charge >= 0.3 is 0 Å². The Balaban J connectivity index is 1.24. The first kappa shape index (κ1) is 20.6. The van der Waals surface area contributed by atoms with Crippen LogP contribution in [0, 0.1) is 0 Å². The van der Waals surface area contributed by atoms with Crippen LogP contribution < -0.4 is 10.2 Å². The van der Waals surface area contributed by atoms with E-state index in [0.717, 1.165) is 59.7 Å². The van der Waals surface area contributed by atoms with Gasteiger partial charge in [-0.05, 0) is 36.4 Å². The lowest BCUT2D eigenvalue weighted by atomic mass is 10.2. The maximum Gasteiger partial charge on any atom is 0.229 e. The summed E-state index contributed by atoms with van der Waals surface area (Å²) in [5.74, 6) is 2.22. The number of piperazine rings is 1. The molecule has 3 aromatic heterocycles. The molecule has 0 atom stereocenters. The second kappa shape index (κ2) is 8.73. The number of hydrogen-bond acceptors (Lipinski definition) is 8. The Morgan fingerprint density at radius 2 is 1.76 bits per heavy atom. The average molecular weight is 456 g/mol. The number of H-pyrrole nitrogens is 2. The first-order valence-corrected chi connectivity index (χ1v) is 11.4. The highest BCUT2D eigenvalue weighted by Gasteiger charge is 2.20. The molecule has 0 amide bonds. The van der Waals surface area contributed by atoms with Crippen LogP contribution in [-0.4, -0.2) is 79.5 Å². The van der Waals surface area contributed by atoms with E-state index in [1.807, 2.05) is 48.5 Å². The molecule has 34 heavy (non-hydrogen) atoms. The van der Waals surface area contributed by atoms with Crippen molar-refractivity contribution in [2.24, 2.45) is 0 Å². The van der Waals surface area contributed by atoms with Crippen LogP contribution in [0.4, 0.5) is 17.5 Å². The fraction of sp³-hybridized carbons (Fsp3) is 0.250. The summed E-state index contributed by atoms with van der Waals surface area (Å²) in [6.07, 6.45) is 1.74. The number of nitrogens with zero attached hydrogens (tertiary/aromatic N) is 6. The van der Waals surface area contributed by atoms with Crippen LogP contribution in [0.2, 0.25) is 0 Å². The molecule has 0 aliphatic carbocycles. The zero-order valence-corrected chi connectivity index (χ0v) is 18.6. The van der Waals surface area contributed by atoms with Gasteiger partial charge in [0.15, 0.2) is 5.65 Å². The van der Waals surface area contributed by atoms with E-state index in [1.165, 1.54) is 0 Å². The third-order valence-corrected chi connectivity index (χ3v) is 6.18. The Morgan fingerprint density at radius 1 is 0.941 bits per heavy atom. The van der Waals surface area contributed by atoms with Crippen LogP contribution in [0.1, 0.15) is 0 Å². The number of rotatable bonds is 6. The second-order valence-corrected chi connectivity index (χ2v) is 8.36. The molecule has 0 spiro atoms. The van der Waals surface area contributed by atoms with E-state index in [1.54, 1.807) is 6.20 Å². The Hall–Kier alpha value is -4.02. The third-order valence-electron chi connectivity index (χ3n) is 6.18. The molecule has 172 valence electrons. The zero-order valence-electron chi connectivity index (χ0n) is 18.6. The Kier molecular flexibility index (Phi) is 5.28. The molecule has 2 aromatic carbocycles. The van der Waals surface area contributed by atoms with Crippen molar-refractivity contribution in [3.63, 3.8) is 0 Å². The van der Waals surface area contributed by atoms with E-state index < -0.39 is 0 Å². The van der Waals surface area contributed by atoms with Crippen molar-refractivity contribution in [1.82, 2.24) is 35.0 Å². The van der Waals surface area contributed by atoms with Crippen molar-refractivity contribution < 1.29 is 5.11 Å². The van der Waals surface area contributed by atoms with E-state index in [2.05, 4.69) is 40.3 Å². The zero-order chi connectivity index (χ0) is 22.9. The smallest absolute Gasteiger partial charge is 0.229 e. The normalized spacial score (nSPS) is 14.8. The van der Waals surface area contributed by atoms with Crippen LogP contribution in [0.25, 0.3) is 33.5 Å². The van der Waals surface area contributed by atoms with E-state index in [-0.39, 0.29) is 6.61 Å². The number of nitrogens with one attached hydrogen (secondary N) is 3. The third kappa shape index (κ3) is 3.93. The van der Waals surface area contributed by atoms with Crippen LogP contribution in [0.5, 0.6) is 0 Å². The number of imidazole rings is 1. The number of β-amino-alcohol motifs (C(OH)–C–C–N with tert-alkyl or cyclic N) is 1. The molecule has 0 unspecified atom stereocenters. The van der Waals surface area contributed by atoms with Crippen LogP contribution >= 0.6 is 0 Å². The minimum atomic E-state index is 0.180. The summed E-state index contributed by atoms with van der Waals surface area (Å²) in [5, 5.41) is 20.6. The van der Waals surface area contributed by atoms with E-state index in [0.29, 0.717) is 24.0 Å². The van der Waals surface area contributed by atoms with Gasteiger partial charge in [-0.1, -0.05) is 12.1 Å². The Morgan fingerprint density at radius 3 is 2.56 bits per heavy atom. The predicted octanol–water partition coefficient (Wildman–Crippen LogP) is 2.75. The molecule has 10 heteroatoms. The van der Waals surface area contributed by atoms with Crippen LogP contribution in [-0.2, 0) is 0 Å². The highest BCUT2D eigenvalue weighted by atomic mass is 16.3. The van der Waals surface area contributed by atoms with Crippen molar-refractivity contribution >= 4 is 39.5 Å². The number of anilines is 3. The van der Waals surface area contributed by atoms with E-state index in [9.17, 15) is 5.11 Å². The van der Waals surface area contributed by atoms with Gasteiger partial charge in [0.25, 0.3) is 0 Å². The predicted molar refractivity (Wildman–Crippen MR) is 132 cm³/mol. The molecule has 4 heterocycles. The first-order chi connectivity index (χ1) is 16.8. The number of hydrogen-bond donors (Lipinski definition) is 4. The van der Waals surface area contributed by atoms with Crippen molar-refractivity contribution in [2.75, 3.05) is 49.5 Å². The van der Waals surface area contributed by atoms with Gasteiger partial charge in [-0.2, -0.15) is 15.1 Å². The van der Waals surface area contributed by atoms with Gasteiger partial charge in [-0.3, -0.25) is 10.00 Å². The molecule has 0 bridgehead atoms. The number of aromatic nitrogens is 6. The van der Waals surface area contributed by atoms with Gasteiger partial charge < -0.3 is 20.3 Å². The fourth-order valence-electron chi connectivity index (χ4n) is 4.31. The summed E-state index contributed by atoms with van der Waals surface area (Å²) in [5.41, 5.74) is 4.60. The van der Waals surface area contributed by atoms with Gasteiger partial charge in [0.1, 0.15) is 11.6 Å². The molecule has 1 aliphatic rings. The van der Waals surface area contributed by atoms with Gasteiger partial charge in [-0.15, -0.1) is 0 Å². The molecular weight excluding hydrogens is 430 g/mol. The SMILES string of the molecule is OCCN1CCN(c2nc(Nc3ccc(-c4nc5ccccc5[nH]4)cc3)c3cn[nH]c3n2)CC1. The number of aliphatic hydroxyl groups excluding tert-OH is 1. The van der Waals surface area contributed by atoms with Crippen LogP contribution in [0.3, 0.4) is 0 Å². The largest absolute Gasteiger partial charge is 0.395 e. The number of aliphatic hydroxyl groups is 1.